The molecular weight excluding hydrogens is 304 g/mol. The molecule has 0 atom stereocenters. The Kier molecular flexibility index (Phi) is 5.21. The van der Waals surface area contributed by atoms with Crippen LogP contribution in [0.15, 0.2) is 42.7 Å². The molecule has 0 bridgehead atoms. The Balaban J connectivity index is 2.00. The van der Waals surface area contributed by atoms with Crippen LogP contribution in [-0.2, 0) is 6.54 Å². The Morgan fingerprint density at radius 3 is 2.91 bits per heavy atom. The van der Waals surface area contributed by atoms with Gasteiger partial charge in [0.2, 0.25) is 0 Å². The highest BCUT2D eigenvalue weighted by Crippen LogP contribution is 2.28. The number of nitro groups is 1. The topological polar surface area (TPSA) is 89.3 Å². The zero-order chi connectivity index (χ0) is 15.9. The molecule has 1 heterocycles. The molecule has 2 rings (SSSR count). The van der Waals surface area contributed by atoms with Crippen molar-refractivity contribution in [3.8, 4) is 5.75 Å². The highest BCUT2D eigenvalue weighted by molar-refractivity contribution is 7.80. The van der Waals surface area contributed by atoms with E-state index in [1.807, 2.05) is 12.1 Å². The third-order valence-electron chi connectivity index (χ3n) is 2.82. The average molecular weight is 318 g/mol. The number of aromatic nitrogens is 1. The minimum atomic E-state index is -0.481. The smallest absolute Gasteiger partial charge is 0.273 e. The van der Waals surface area contributed by atoms with Gasteiger partial charge in [0.15, 0.2) is 5.11 Å². The molecule has 8 heteroatoms. The van der Waals surface area contributed by atoms with Gasteiger partial charge in [0.1, 0.15) is 5.75 Å². The summed E-state index contributed by atoms with van der Waals surface area (Å²) < 4.78 is 5.14. The molecule has 0 aliphatic carbocycles. The Labute approximate surface area is 132 Å². The summed E-state index contributed by atoms with van der Waals surface area (Å²) in [6, 6.07) is 8.04. The summed E-state index contributed by atoms with van der Waals surface area (Å²) >= 11 is 5.20. The lowest BCUT2D eigenvalue weighted by Crippen LogP contribution is -2.28. The van der Waals surface area contributed by atoms with Crippen LogP contribution in [0.5, 0.6) is 5.75 Å². The van der Waals surface area contributed by atoms with Gasteiger partial charge in [-0.2, -0.15) is 0 Å². The van der Waals surface area contributed by atoms with Gasteiger partial charge in [0, 0.05) is 25.0 Å². The molecule has 1 aromatic heterocycles. The molecule has 0 saturated carbocycles. The van der Waals surface area contributed by atoms with Gasteiger partial charge >= 0.3 is 0 Å². The Morgan fingerprint density at radius 2 is 2.27 bits per heavy atom. The van der Waals surface area contributed by atoms with Crippen LogP contribution in [0.3, 0.4) is 0 Å². The average Bonchev–Trinajstić information content (AvgIpc) is 2.54. The van der Waals surface area contributed by atoms with Crippen LogP contribution < -0.4 is 15.4 Å². The second-order valence-corrected chi connectivity index (χ2v) is 4.72. The van der Waals surface area contributed by atoms with Crippen LogP contribution in [0.25, 0.3) is 0 Å². The molecule has 0 amide bonds. The van der Waals surface area contributed by atoms with Crippen molar-refractivity contribution in [2.75, 3.05) is 12.4 Å². The van der Waals surface area contributed by atoms with Crippen molar-refractivity contribution in [1.29, 1.82) is 0 Å². The summed E-state index contributed by atoms with van der Waals surface area (Å²) in [4.78, 5) is 14.3. The zero-order valence-electron chi connectivity index (χ0n) is 11.8. The summed E-state index contributed by atoms with van der Waals surface area (Å²) in [6.07, 6.45) is 3.43. The lowest BCUT2D eigenvalue weighted by Gasteiger charge is -2.13. The van der Waals surface area contributed by atoms with Crippen molar-refractivity contribution >= 4 is 28.7 Å². The lowest BCUT2D eigenvalue weighted by atomic mass is 10.2. The summed E-state index contributed by atoms with van der Waals surface area (Å²) in [5.74, 6) is 0.347. The summed E-state index contributed by atoms with van der Waals surface area (Å²) in [6.45, 7) is 0.523. The first-order valence-electron chi connectivity index (χ1n) is 6.36. The fourth-order valence-corrected chi connectivity index (χ4v) is 1.93. The van der Waals surface area contributed by atoms with Gasteiger partial charge < -0.3 is 15.4 Å². The predicted molar refractivity (Wildman–Crippen MR) is 86.9 cm³/mol. The lowest BCUT2D eigenvalue weighted by molar-refractivity contribution is -0.384. The standard InChI is InChI=1S/C14H14N4O3S/c1-21-13-7-11(18(19)20)4-5-12(13)17-14(22)16-9-10-3-2-6-15-8-10/h2-8H,9H2,1H3,(H2,16,17,22). The second-order valence-electron chi connectivity index (χ2n) is 4.31. The molecule has 0 fully saturated rings. The van der Waals surface area contributed by atoms with E-state index < -0.39 is 4.92 Å². The number of methoxy groups -OCH3 is 1. The monoisotopic (exact) mass is 318 g/mol. The number of benzene rings is 1. The van der Waals surface area contributed by atoms with Crippen molar-refractivity contribution in [3.63, 3.8) is 0 Å². The van der Waals surface area contributed by atoms with Gasteiger partial charge in [0.25, 0.3) is 5.69 Å². The normalized spacial score (nSPS) is 9.86. The molecule has 7 nitrogen and oxygen atoms in total. The van der Waals surface area contributed by atoms with Crippen LogP contribution in [0.1, 0.15) is 5.56 Å². The van der Waals surface area contributed by atoms with Crippen LogP contribution >= 0.6 is 12.2 Å². The molecule has 0 saturated heterocycles. The van der Waals surface area contributed by atoms with E-state index in [-0.39, 0.29) is 5.69 Å². The quantitative estimate of drug-likeness (QED) is 0.497. The number of thiocarbonyl (C=S) groups is 1. The van der Waals surface area contributed by atoms with E-state index in [0.717, 1.165) is 5.56 Å². The van der Waals surface area contributed by atoms with E-state index in [0.29, 0.717) is 23.1 Å². The summed E-state index contributed by atoms with van der Waals surface area (Å²) in [5.41, 5.74) is 1.50. The highest BCUT2D eigenvalue weighted by Gasteiger charge is 2.12. The zero-order valence-corrected chi connectivity index (χ0v) is 12.6. The van der Waals surface area contributed by atoms with Crippen LogP contribution in [0.2, 0.25) is 0 Å². The maximum atomic E-state index is 10.7. The molecule has 2 aromatic rings. The van der Waals surface area contributed by atoms with Crippen molar-refractivity contribution in [1.82, 2.24) is 10.3 Å². The molecule has 2 N–H and O–H groups in total. The second kappa shape index (κ2) is 7.32. The van der Waals surface area contributed by atoms with E-state index in [2.05, 4.69) is 15.6 Å². The van der Waals surface area contributed by atoms with Gasteiger partial charge in [-0.1, -0.05) is 6.07 Å². The van der Waals surface area contributed by atoms with Gasteiger partial charge in [-0.25, -0.2) is 0 Å². The molecule has 0 spiro atoms. The first kappa shape index (κ1) is 15.6. The number of nitro benzene ring substituents is 1. The molecule has 0 unspecified atom stereocenters. The number of non-ortho nitro benzene ring substituents is 1. The van der Waals surface area contributed by atoms with E-state index in [1.165, 1.54) is 19.2 Å². The highest BCUT2D eigenvalue weighted by atomic mass is 32.1. The van der Waals surface area contributed by atoms with E-state index in [4.69, 9.17) is 17.0 Å². The molecule has 0 aliphatic heterocycles. The van der Waals surface area contributed by atoms with Gasteiger partial charge in [-0.3, -0.25) is 15.1 Å². The number of nitrogens with one attached hydrogen (secondary N) is 2. The Bertz CT molecular complexity index is 679. The maximum Gasteiger partial charge on any atom is 0.273 e. The fraction of sp³-hybridized carbons (Fsp3) is 0.143. The molecule has 0 aliphatic rings. The molecule has 114 valence electrons. The van der Waals surface area contributed by atoms with E-state index in [9.17, 15) is 10.1 Å². The van der Waals surface area contributed by atoms with Crippen molar-refractivity contribution in [2.24, 2.45) is 0 Å². The van der Waals surface area contributed by atoms with Crippen LogP contribution in [0.4, 0.5) is 11.4 Å². The first-order valence-corrected chi connectivity index (χ1v) is 6.77. The Hall–Kier alpha value is -2.74. The molecule has 0 radical (unpaired) electrons. The number of nitrogens with zero attached hydrogens (tertiary/aromatic N) is 2. The third kappa shape index (κ3) is 4.13. The van der Waals surface area contributed by atoms with Gasteiger partial charge in [-0.05, 0) is 29.9 Å². The fourth-order valence-electron chi connectivity index (χ4n) is 1.75. The van der Waals surface area contributed by atoms with E-state index >= 15 is 0 Å². The van der Waals surface area contributed by atoms with Crippen molar-refractivity contribution in [3.05, 3.63) is 58.4 Å². The Morgan fingerprint density at radius 1 is 1.45 bits per heavy atom. The first-order chi connectivity index (χ1) is 10.6. The number of ether oxygens (including phenoxy) is 1. The summed E-state index contributed by atoms with van der Waals surface area (Å²) in [5, 5.41) is 17.1. The largest absolute Gasteiger partial charge is 0.494 e. The number of hydrogen-bond acceptors (Lipinski definition) is 5. The predicted octanol–water partition coefficient (Wildman–Crippen LogP) is 2.49. The minimum Gasteiger partial charge on any atom is -0.494 e. The number of hydrogen-bond donors (Lipinski definition) is 2. The molecular formula is C14H14N4O3S. The van der Waals surface area contributed by atoms with Crippen LogP contribution in [-0.4, -0.2) is 22.1 Å². The van der Waals surface area contributed by atoms with Crippen molar-refractivity contribution < 1.29 is 9.66 Å². The third-order valence-corrected chi connectivity index (χ3v) is 3.07. The number of pyridine rings is 1. The van der Waals surface area contributed by atoms with Gasteiger partial charge in [0.05, 0.1) is 23.8 Å². The maximum absolute atomic E-state index is 10.7. The minimum absolute atomic E-state index is 0.0448. The summed E-state index contributed by atoms with van der Waals surface area (Å²) in [7, 11) is 1.44. The number of rotatable bonds is 5. The van der Waals surface area contributed by atoms with E-state index in [1.54, 1.807) is 18.5 Å². The SMILES string of the molecule is COc1cc([N+](=O)[O-])ccc1NC(=S)NCc1cccnc1. The van der Waals surface area contributed by atoms with Crippen LogP contribution in [0, 0.1) is 10.1 Å². The molecule has 1 aromatic carbocycles. The number of anilines is 1. The molecule has 22 heavy (non-hydrogen) atoms. The van der Waals surface area contributed by atoms with Crippen molar-refractivity contribution in [2.45, 2.75) is 6.54 Å². The van der Waals surface area contributed by atoms with Gasteiger partial charge in [-0.15, -0.1) is 0 Å².